The lowest BCUT2D eigenvalue weighted by atomic mass is 9.84. The normalized spacial score (nSPS) is 15.0. The summed E-state index contributed by atoms with van der Waals surface area (Å²) in [5.41, 5.74) is 3.52. The second-order valence-electron chi connectivity index (χ2n) is 15.8. The van der Waals surface area contributed by atoms with Crippen molar-refractivity contribution in [2.75, 3.05) is 38.5 Å². The molecule has 0 aliphatic carbocycles. The Hall–Kier alpha value is -4.54. The SMILES string of the molecule is CC(=O)NCCCC[C@H]1CN(C(=O)c2cccc3ccccc23)CCN1C[C@H](CSC(c1ccccc1)(c1ccccc1)c1ccccc1)NC(=O)OC(C)(C)C.Cl.Cl. The number of nitrogens with one attached hydrogen (secondary N) is 2. The zero-order chi connectivity index (χ0) is 40.3. The summed E-state index contributed by atoms with van der Waals surface area (Å²) in [6.45, 7) is 10.2. The number of alkyl carbamates (subject to hydrolysis) is 1. The number of nitrogens with zero attached hydrogens (tertiary/aromatic N) is 2. The molecule has 1 aliphatic heterocycles. The molecule has 8 nitrogen and oxygen atoms in total. The Labute approximate surface area is 366 Å². The maximum atomic E-state index is 14.2. The predicted octanol–water partition coefficient (Wildman–Crippen LogP) is 9.73. The summed E-state index contributed by atoms with van der Waals surface area (Å²) in [5.74, 6) is 0.585. The van der Waals surface area contributed by atoms with Crippen LogP contribution in [0.1, 0.15) is 74.0 Å². The van der Waals surface area contributed by atoms with Gasteiger partial charge in [0.05, 0.1) is 10.8 Å². The van der Waals surface area contributed by atoms with Crippen molar-refractivity contribution in [2.24, 2.45) is 0 Å². The van der Waals surface area contributed by atoms with Crippen LogP contribution in [-0.2, 0) is 14.3 Å². The van der Waals surface area contributed by atoms with Gasteiger partial charge in [0.2, 0.25) is 5.91 Å². The number of hydrogen-bond acceptors (Lipinski definition) is 6. The van der Waals surface area contributed by atoms with Crippen LogP contribution in [0.25, 0.3) is 10.8 Å². The molecule has 5 aromatic carbocycles. The van der Waals surface area contributed by atoms with Crippen molar-refractivity contribution < 1.29 is 19.1 Å². The Morgan fingerprint density at radius 1 is 0.746 bits per heavy atom. The van der Waals surface area contributed by atoms with Gasteiger partial charge >= 0.3 is 6.09 Å². The number of halogens is 2. The fourth-order valence-electron chi connectivity index (χ4n) is 7.83. The first-order valence-electron chi connectivity index (χ1n) is 20.1. The predicted molar refractivity (Wildman–Crippen MR) is 247 cm³/mol. The summed E-state index contributed by atoms with van der Waals surface area (Å²) in [4.78, 5) is 43.8. The van der Waals surface area contributed by atoms with Gasteiger partial charge in [-0.15, -0.1) is 36.6 Å². The molecule has 2 N–H and O–H groups in total. The fourth-order valence-corrected chi connectivity index (χ4v) is 9.38. The highest BCUT2D eigenvalue weighted by Gasteiger charge is 2.39. The summed E-state index contributed by atoms with van der Waals surface area (Å²) in [7, 11) is 0. The maximum Gasteiger partial charge on any atom is 0.407 e. The van der Waals surface area contributed by atoms with Crippen LogP contribution < -0.4 is 10.6 Å². The van der Waals surface area contributed by atoms with E-state index in [-0.39, 0.29) is 48.7 Å². The number of amides is 3. The molecule has 1 heterocycles. The van der Waals surface area contributed by atoms with Crippen molar-refractivity contribution in [3.8, 4) is 0 Å². The highest BCUT2D eigenvalue weighted by Crippen LogP contribution is 2.48. The van der Waals surface area contributed by atoms with Gasteiger partial charge in [0.1, 0.15) is 5.60 Å². The van der Waals surface area contributed by atoms with E-state index in [4.69, 9.17) is 4.74 Å². The number of carbonyl (C=O) groups excluding carboxylic acids is 3. The third-order valence-electron chi connectivity index (χ3n) is 10.5. The number of fused-ring (bicyclic) bond motifs is 1. The number of benzene rings is 5. The van der Waals surface area contributed by atoms with E-state index in [1.807, 2.05) is 98.1 Å². The van der Waals surface area contributed by atoms with Gasteiger partial charge in [-0.25, -0.2) is 4.79 Å². The molecule has 6 rings (SSSR count). The van der Waals surface area contributed by atoms with Gasteiger partial charge in [-0.2, -0.15) is 0 Å². The number of hydrogen-bond donors (Lipinski definition) is 2. The van der Waals surface area contributed by atoms with Crippen LogP contribution in [0, 0.1) is 0 Å². The van der Waals surface area contributed by atoms with E-state index in [1.165, 1.54) is 6.92 Å². The highest BCUT2D eigenvalue weighted by molar-refractivity contribution is 8.00. The summed E-state index contributed by atoms with van der Waals surface area (Å²) in [5, 5.41) is 8.21. The minimum atomic E-state index is -0.659. The number of thioether (sulfide) groups is 1. The van der Waals surface area contributed by atoms with Crippen LogP contribution >= 0.6 is 36.6 Å². The second-order valence-corrected chi connectivity index (χ2v) is 17.1. The first kappa shape index (κ1) is 47.1. The molecule has 11 heteroatoms. The molecule has 0 unspecified atom stereocenters. The second kappa shape index (κ2) is 22.2. The Morgan fingerprint density at radius 2 is 1.31 bits per heavy atom. The van der Waals surface area contributed by atoms with E-state index >= 15 is 0 Å². The Balaban J connectivity index is 0.00000384. The van der Waals surface area contributed by atoms with Crippen molar-refractivity contribution in [1.82, 2.24) is 20.4 Å². The van der Waals surface area contributed by atoms with Gasteiger partial charge in [-0.05, 0) is 67.1 Å². The molecule has 5 aromatic rings. The number of rotatable bonds is 15. The zero-order valence-electron chi connectivity index (χ0n) is 34.5. The van der Waals surface area contributed by atoms with Crippen molar-refractivity contribution >= 4 is 65.3 Å². The molecule has 0 saturated carbocycles. The first-order chi connectivity index (χ1) is 27.5. The summed E-state index contributed by atoms with van der Waals surface area (Å²) in [6.07, 6.45) is 2.11. The lowest BCUT2D eigenvalue weighted by Crippen LogP contribution is -2.58. The smallest absolute Gasteiger partial charge is 0.407 e. The number of unbranched alkanes of at least 4 members (excludes halogenated alkanes) is 1. The van der Waals surface area contributed by atoms with Gasteiger partial charge in [0.15, 0.2) is 0 Å². The minimum Gasteiger partial charge on any atom is -0.444 e. The lowest BCUT2D eigenvalue weighted by molar-refractivity contribution is -0.118. The molecule has 0 radical (unpaired) electrons. The molecule has 1 aliphatic rings. The monoisotopic (exact) mass is 856 g/mol. The Bertz CT molecular complexity index is 1980. The van der Waals surface area contributed by atoms with E-state index in [9.17, 15) is 14.4 Å². The van der Waals surface area contributed by atoms with Crippen LogP contribution in [0.4, 0.5) is 4.79 Å². The van der Waals surface area contributed by atoms with E-state index < -0.39 is 16.4 Å². The number of ether oxygens (including phenoxy) is 1. The average molecular weight is 858 g/mol. The number of piperazine rings is 1. The Kier molecular flexibility index (Phi) is 17.7. The van der Waals surface area contributed by atoms with Gasteiger partial charge < -0.3 is 20.3 Å². The summed E-state index contributed by atoms with van der Waals surface area (Å²) < 4.78 is 5.28. The van der Waals surface area contributed by atoms with Gasteiger partial charge in [0.25, 0.3) is 5.91 Å². The average Bonchev–Trinajstić information content (AvgIpc) is 3.21. The molecule has 0 bridgehead atoms. The molecular formula is C48H58Cl2N4O4S. The molecule has 1 saturated heterocycles. The molecule has 0 spiro atoms. The summed E-state index contributed by atoms with van der Waals surface area (Å²) in [6, 6.07) is 45.5. The van der Waals surface area contributed by atoms with Crippen molar-refractivity contribution in [1.29, 1.82) is 0 Å². The first-order valence-corrected chi connectivity index (χ1v) is 21.1. The van der Waals surface area contributed by atoms with Crippen LogP contribution in [0.2, 0.25) is 0 Å². The molecular weight excluding hydrogens is 800 g/mol. The molecule has 1 fully saturated rings. The third-order valence-corrected chi connectivity index (χ3v) is 12.2. The maximum absolute atomic E-state index is 14.2. The lowest BCUT2D eigenvalue weighted by Gasteiger charge is -2.43. The van der Waals surface area contributed by atoms with Crippen LogP contribution in [-0.4, -0.2) is 83.9 Å². The zero-order valence-corrected chi connectivity index (χ0v) is 36.9. The van der Waals surface area contributed by atoms with Crippen molar-refractivity contribution in [3.63, 3.8) is 0 Å². The van der Waals surface area contributed by atoms with Gasteiger partial charge in [0, 0.05) is 57.0 Å². The molecule has 314 valence electrons. The topological polar surface area (TPSA) is 91.0 Å². The van der Waals surface area contributed by atoms with Crippen molar-refractivity contribution in [2.45, 2.75) is 69.4 Å². The standard InChI is InChI=1S/C48H56N4O4S.2ClH/c1-36(53)49-30-17-16-27-42-34-52(45(54)44-29-18-20-37-19-14-15-28-43(37)44)32-31-51(42)33-41(50-46(55)56-47(2,3)4)35-57-48(38-21-8-5-9-22-38,39-23-10-6-11-24-39)40-25-12-7-13-26-40;;/h5-15,18-26,28-29,41-42H,16-17,27,30-35H2,1-4H3,(H,49,53)(H,50,55);2*1H/t41-,42+;;/m1../s1. The van der Waals surface area contributed by atoms with E-state index in [0.717, 1.165) is 46.7 Å². The molecule has 3 amide bonds. The number of carbonyl (C=O) groups is 3. The molecule has 2 atom stereocenters. The highest BCUT2D eigenvalue weighted by atomic mass is 35.5. The van der Waals surface area contributed by atoms with Gasteiger partial charge in [-0.1, -0.05) is 134 Å². The molecule has 0 aromatic heterocycles. The van der Waals surface area contributed by atoms with Crippen molar-refractivity contribution in [3.05, 3.63) is 156 Å². The minimum absolute atomic E-state index is 0. The Morgan fingerprint density at radius 3 is 1.88 bits per heavy atom. The summed E-state index contributed by atoms with van der Waals surface area (Å²) >= 11 is 1.82. The van der Waals surface area contributed by atoms with Crippen LogP contribution in [0.15, 0.2) is 133 Å². The molecule has 59 heavy (non-hydrogen) atoms. The fraction of sp³-hybridized carbons (Fsp3) is 0.354. The largest absolute Gasteiger partial charge is 0.444 e. The van der Waals surface area contributed by atoms with Crippen LogP contribution in [0.3, 0.4) is 0 Å². The quantitative estimate of drug-likeness (QED) is 0.0806. The van der Waals surface area contributed by atoms with E-state index in [2.05, 4.69) is 88.3 Å². The van der Waals surface area contributed by atoms with E-state index in [1.54, 1.807) is 0 Å². The third kappa shape index (κ3) is 12.5. The van der Waals surface area contributed by atoms with Crippen LogP contribution in [0.5, 0.6) is 0 Å². The van der Waals surface area contributed by atoms with E-state index in [0.29, 0.717) is 44.0 Å². The van der Waals surface area contributed by atoms with Gasteiger partial charge in [-0.3, -0.25) is 14.5 Å².